The second kappa shape index (κ2) is 4.15. The van der Waals surface area contributed by atoms with E-state index in [1.165, 1.54) is 0 Å². The van der Waals surface area contributed by atoms with Gasteiger partial charge in [0.05, 0.1) is 36.1 Å². The highest BCUT2D eigenvalue weighted by molar-refractivity contribution is 9.09. The molecule has 4 nitrogen and oxygen atoms in total. The van der Waals surface area contributed by atoms with E-state index in [1.807, 2.05) is 0 Å². The fourth-order valence-corrected chi connectivity index (χ4v) is 6.15. The molecule has 0 aromatic rings. The molecule has 0 N–H and O–H groups in total. The minimum absolute atomic E-state index is 0.229. The smallest absolute Gasteiger partial charge is 0.184 e. The van der Waals surface area contributed by atoms with Gasteiger partial charge in [0, 0.05) is 11.8 Å². The molecule has 2 aliphatic heterocycles. The van der Waals surface area contributed by atoms with Crippen LogP contribution in [0, 0.1) is 11.8 Å². The van der Waals surface area contributed by atoms with E-state index < -0.39 is 11.6 Å². The Kier molecular flexibility index (Phi) is 2.89. The third-order valence-corrected chi connectivity index (χ3v) is 6.82. The van der Waals surface area contributed by atoms with Gasteiger partial charge in [0.2, 0.25) is 0 Å². The first kappa shape index (κ1) is 12.5. The largest absolute Gasteiger partial charge is 0.346 e. The average Bonchev–Trinajstić information content (AvgIpc) is 3.07. The van der Waals surface area contributed by atoms with E-state index in [4.69, 9.17) is 18.9 Å². The van der Waals surface area contributed by atoms with Gasteiger partial charge in [-0.2, -0.15) is 0 Å². The van der Waals surface area contributed by atoms with Crippen LogP contribution in [0.15, 0.2) is 0 Å². The Balaban J connectivity index is 1.71. The number of rotatable bonds is 0. The van der Waals surface area contributed by atoms with Gasteiger partial charge in [0.15, 0.2) is 11.6 Å². The molecular formula is C12H16Br2O4. The Morgan fingerprint density at radius 3 is 1.33 bits per heavy atom. The van der Waals surface area contributed by atoms with Gasteiger partial charge in [-0.05, 0) is 12.8 Å². The van der Waals surface area contributed by atoms with Crippen LogP contribution in [0.2, 0.25) is 0 Å². The zero-order valence-corrected chi connectivity index (χ0v) is 13.1. The van der Waals surface area contributed by atoms with Crippen molar-refractivity contribution in [3.05, 3.63) is 0 Å². The van der Waals surface area contributed by atoms with E-state index in [0.717, 1.165) is 12.8 Å². The minimum atomic E-state index is -0.463. The van der Waals surface area contributed by atoms with Gasteiger partial charge in [0.25, 0.3) is 0 Å². The van der Waals surface area contributed by atoms with E-state index in [1.54, 1.807) is 0 Å². The lowest BCUT2D eigenvalue weighted by atomic mass is 9.94. The number of hydrogen-bond acceptors (Lipinski definition) is 4. The number of fused-ring (bicyclic) bond motifs is 3. The van der Waals surface area contributed by atoms with Crippen molar-refractivity contribution in [1.29, 1.82) is 0 Å². The third-order valence-electron chi connectivity index (χ3n) is 4.79. The molecule has 4 atom stereocenters. The number of alkyl halides is 2. The Bertz CT molecular complexity index is 318. The van der Waals surface area contributed by atoms with E-state index >= 15 is 0 Å². The zero-order valence-electron chi connectivity index (χ0n) is 9.94. The molecule has 0 aromatic carbocycles. The van der Waals surface area contributed by atoms with Crippen molar-refractivity contribution in [2.45, 2.75) is 34.1 Å². The Morgan fingerprint density at radius 2 is 1.00 bits per heavy atom. The van der Waals surface area contributed by atoms with Crippen LogP contribution in [-0.4, -0.2) is 47.7 Å². The summed E-state index contributed by atoms with van der Waals surface area (Å²) in [5.74, 6) is -0.246. The standard InChI is InChI=1S/C12H16Br2O4/c13-9-6-8-7(11(9)15-1-2-16-11)5-10(14)12(8)17-3-4-18-12/h7-10H,1-6H2/t7-,8-,9-,10-/m0/s1. The number of ether oxygens (including phenoxy) is 4. The Labute approximate surface area is 123 Å². The molecule has 4 fully saturated rings. The molecule has 2 saturated heterocycles. The molecule has 4 rings (SSSR count). The van der Waals surface area contributed by atoms with Crippen molar-refractivity contribution < 1.29 is 18.9 Å². The van der Waals surface area contributed by atoms with Crippen molar-refractivity contribution >= 4 is 31.9 Å². The van der Waals surface area contributed by atoms with Crippen LogP contribution in [0.5, 0.6) is 0 Å². The number of hydrogen-bond donors (Lipinski definition) is 0. The van der Waals surface area contributed by atoms with Crippen molar-refractivity contribution in [3.8, 4) is 0 Å². The highest BCUT2D eigenvalue weighted by Gasteiger charge is 2.70. The van der Waals surface area contributed by atoms with Crippen LogP contribution in [0.25, 0.3) is 0 Å². The van der Waals surface area contributed by atoms with Crippen LogP contribution >= 0.6 is 31.9 Å². The zero-order chi connectivity index (χ0) is 12.4. The van der Waals surface area contributed by atoms with Crippen LogP contribution < -0.4 is 0 Å². The maximum atomic E-state index is 5.98. The SMILES string of the molecule is Br[C@H]1C[C@H]2[C@H](C[C@H](Br)C23OCCO3)C12OCCO2. The molecule has 102 valence electrons. The first-order valence-corrected chi connectivity index (χ1v) is 8.36. The molecular weight excluding hydrogens is 368 g/mol. The summed E-state index contributed by atoms with van der Waals surface area (Å²) < 4.78 is 23.9. The first-order chi connectivity index (χ1) is 8.69. The van der Waals surface area contributed by atoms with Crippen LogP contribution in [-0.2, 0) is 18.9 Å². The maximum Gasteiger partial charge on any atom is 0.184 e. The van der Waals surface area contributed by atoms with E-state index in [9.17, 15) is 0 Å². The predicted molar refractivity (Wildman–Crippen MR) is 70.9 cm³/mol. The van der Waals surface area contributed by atoms with Gasteiger partial charge in [-0.1, -0.05) is 31.9 Å². The lowest BCUT2D eigenvalue weighted by Crippen LogP contribution is -2.43. The lowest BCUT2D eigenvalue weighted by Gasteiger charge is -2.32. The summed E-state index contributed by atoms with van der Waals surface area (Å²) in [6.45, 7) is 2.75. The average molecular weight is 384 g/mol. The molecule has 0 amide bonds. The van der Waals surface area contributed by atoms with Crippen molar-refractivity contribution in [3.63, 3.8) is 0 Å². The van der Waals surface area contributed by atoms with E-state index in [-0.39, 0.29) is 9.65 Å². The summed E-state index contributed by atoms with van der Waals surface area (Å²) in [6, 6.07) is 0. The fourth-order valence-electron chi connectivity index (χ4n) is 4.13. The quantitative estimate of drug-likeness (QED) is 0.600. The summed E-state index contributed by atoms with van der Waals surface area (Å²) in [5, 5.41) is 0. The monoisotopic (exact) mass is 382 g/mol. The fraction of sp³-hybridized carbons (Fsp3) is 1.00. The Morgan fingerprint density at radius 1 is 0.667 bits per heavy atom. The summed E-state index contributed by atoms with van der Waals surface area (Å²) in [5.41, 5.74) is 0. The van der Waals surface area contributed by atoms with Gasteiger partial charge in [-0.25, -0.2) is 0 Å². The molecule has 6 heteroatoms. The summed E-state index contributed by atoms with van der Waals surface area (Å²) in [7, 11) is 0. The molecule has 18 heavy (non-hydrogen) atoms. The van der Waals surface area contributed by atoms with Gasteiger partial charge < -0.3 is 18.9 Å². The van der Waals surface area contributed by atoms with Gasteiger partial charge >= 0.3 is 0 Å². The Hall–Kier alpha value is 0.800. The highest BCUT2D eigenvalue weighted by atomic mass is 79.9. The third kappa shape index (κ3) is 1.40. The molecule has 2 saturated carbocycles. The molecule has 0 bridgehead atoms. The van der Waals surface area contributed by atoms with E-state index in [2.05, 4.69) is 31.9 Å². The summed E-state index contributed by atoms with van der Waals surface area (Å²) in [6.07, 6.45) is 1.96. The lowest BCUT2D eigenvalue weighted by molar-refractivity contribution is -0.202. The van der Waals surface area contributed by atoms with Gasteiger partial charge in [0.1, 0.15) is 0 Å². The van der Waals surface area contributed by atoms with Crippen molar-refractivity contribution in [2.75, 3.05) is 26.4 Å². The highest BCUT2D eigenvalue weighted by Crippen LogP contribution is 2.62. The van der Waals surface area contributed by atoms with Gasteiger partial charge in [-0.15, -0.1) is 0 Å². The molecule has 0 radical (unpaired) electrons. The van der Waals surface area contributed by atoms with Crippen LogP contribution in [0.1, 0.15) is 12.8 Å². The van der Waals surface area contributed by atoms with Crippen LogP contribution in [0.4, 0.5) is 0 Å². The molecule has 4 aliphatic rings. The van der Waals surface area contributed by atoms with E-state index in [0.29, 0.717) is 38.3 Å². The molecule has 2 spiro atoms. The molecule has 0 aromatic heterocycles. The summed E-state index contributed by atoms with van der Waals surface area (Å²) in [4.78, 5) is 0.458. The maximum absolute atomic E-state index is 5.98. The second-order valence-electron chi connectivity index (χ2n) is 5.46. The number of halogens is 2. The molecule has 2 heterocycles. The topological polar surface area (TPSA) is 36.9 Å². The normalized spacial score (nSPS) is 48.3. The molecule has 2 aliphatic carbocycles. The first-order valence-electron chi connectivity index (χ1n) is 6.53. The predicted octanol–water partition coefficient (Wildman–Crippen LogP) is 2.04. The second-order valence-corrected chi connectivity index (χ2v) is 7.67. The van der Waals surface area contributed by atoms with Crippen molar-refractivity contribution in [2.24, 2.45) is 11.8 Å². The van der Waals surface area contributed by atoms with Crippen LogP contribution in [0.3, 0.4) is 0 Å². The van der Waals surface area contributed by atoms with Gasteiger partial charge in [-0.3, -0.25) is 0 Å². The minimum Gasteiger partial charge on any atom is -0.346 e. The molecule has 0 unspecified atom stereocenters. The summed E-state index contributed by atoms with van der Waals surface area (Å²) >= 11 is 7.50. The van der Waals surface area contributed by atoms with Crippen molar-refractivity contribution in [1.82, 2.24) is 0 Å².